The number of benzene rings is 2. The molecule has 1 aliphatic rings. The van der Waals surface area contributed by atoms with Crippen LogP contribution in [0, 0.1) is 0 Å². The van der Waals surface area contributed by atoms with Gasteiger partial charge in [0, 0.05) is 0 Å². The number of nitrogens with zero attached hydrogens (tertiary/aromatic N) is 2. The molecule has 0 saturated carbocycles. The number of halogens is 1. The number of carbonyl (C=O) groups excluding carboxylic acids is 1. The number of phenolic OH excluding ortho intramolecular Hbond substituents is 1. The van der Waals surface area contributed by atoms with Gasteiger partial charge in [0.2, 0.25) is 0 Å². The number of fused-ring (bicyclic) bond motifs is 1. The summed E-state index contributed by atoms with van der Waals surface area (Å²) in [6.45, 7) is 1.92. The van der Waals surface area contributed by atoms with Gasteiger partial charge in [-0.15, -0.1) is 0 Å². The van der Waals surface area contributed by atoms with Crippen LogP contribution in [0.5, 0.6) is 5.75 Å². The normalized spacial score (nSPS) is 16.1. The van der Waals surface area contributed by atoms with Gasteiger partial charge < -0.3 is 9.84 Å². The standard InChI is InChI=1S/C23H19BrN2O4S/c1-3-16-19(22(29)30-2)20(14-7-5-4-6-8-14)26-21(28)18(31-23(26)25-16)12-13-9-10-17(27)15(24)11-13/h4-12,20,27H,3H2,1-2H3/b18-12-/t20-/m1/s1. The lowest BCUT2D eigenvalue weighted by atomic mass is 9.95. The molecule has 6 nitrogen and oxygen atoms in total. The monoisotopic (exact) mass is 498 g/mol. The Bertz CT molecular complexity index is 1370. The lowest BCUT2D eigenvalue weighted by molar-refractivity contribution is -0.136. The minimum atomic E-state index is -0.617. The third kappa shape index (κ3) is 3.88. The highest BCUT2D eigenvalue weighted by Gasteiger charge is 2.33. The summed E-state index contributed by atoms with van der Waals surface area (Å²) >= 11 is 4.57. The summed E-state index contributed by atoms with van der Waals surface area (Å²) in [4.78, 5) is 31.3. The molecule has 1 atom stereocenters. The van der Waals surface area contributed by atoms with E-state index < -0.39 is 12.0 Å². The first kappa shape index (κ1) is 21.3. The van der Waals surface area contributed by atoms with Gasteiger partial charge in [-0.2, -0.15) is 0 Å². The Morgan fingerprint density at radius 2 is 2.03 bits per heavy atom. The first-order chi connectivity index (χ1) is 14.9. The fourth-order valence-electron chi connectivity index (χ4n) is 3.58. The van der Waals surface area contributed by atoms with E-state index >= 15 is 0 Å². The minimum absolute atomic E-state index is 0.123. The molecule has 0 saturated heterocycles. The van der Waals surface area contributed by atoms with Crippen LogP contribution in [0.2, 0.25) is 0 Å². The summed E-state index contributed by atoms with van der Waals surface area (Å²) in [7, 11) is 1.33. The van der Waals surface area contributed by atoms with Gasteiger partial charge in [0.25, 0.3) is 5.56 Å². The van der Waals surface area contributed by atoms with E-state index in [1.807, 2.05) is 37.3 Å². The summed E-state index contributed by atoms with van der Waals surface area (Å²) < 4.78 is 7.64. The third-order valence-electron chi connectivity index (χ3n) is 5.04. The van der Waals surface area contributed by atoms with E-state index in [0.29, 0.717) is 31.5 Å². The number of rotatable bonds is 4. The summed E-state index contributed by atoms with van der Waals surface area (Å²) in [6.07, 6.45) is 2.29. The summed E-state index contributed by atoms with van der Waals surface area (Å²) in [5.41, 5.74) is 2.32. The second kappa shape index (κ2) is 8.64. The van der Waals surface area contributed by atoms with E-state index in [0.717, 1.165) is 11.1 Å². The Kier molecular flexibility index (Phi) is 5.93. The van der Waals surface area contributed by atoms with E-state index in [1.165, 1.54) is 18.4 Å². The van der Waals surface area contributed by atoms with Gasteiger partial charge in [-0.05, 0) is 51.7 Å². The fraction of sp³-hybridized carbons (Fsp3) is 0.174. The Hall–Kier alpha value is -2.97. The average molecular weight is 499 g/mol. The van der Waals surface area contributed by atoms with Crippen molar-refractivity contribution in [2.24, 2.45) is 4.99 Å². The molecule has 3 aromatic rings. The van der Waals surface area contributed by atoms with E-state index in [4.69, 9.17) is 4.74 Å². The van der Waals surface area contributed by atoms with Crippen molar-refractivity contribution in [1.29, 1.82) is 0 Å². The number of hydrogen-bond acceptors (Lipinski definition) is 6. The Labute approximate surface area is 190 Å². The number of phenols is 1. The number of thiazole rings is 1. The van der Waals surface area contributed by atoms with Crippen molar-refractivity contribution >= 4 is 39.3 Å². The van der Waals surface area contributed by atoms with Gasteiger partial charge >= 0.3 is 5.97 Å². The third-order valence-corrected chi connectivity index (χ3v) is 6.65. The van der Waals surface area contributed by atoms with Crippen molar-refractivity contribution in [3.8, 4) is 5.75 Å². The van der Waals surface area contributed by atoms with E-state index in [-0.39, 0.29) is 11.3 Å². The van der Waals surface area contributed by atoms with Gasteiger partial charge in [-0.25, -0.2) is 9.79 Å². The quantitative estimate of drug-likeness (QED) is 0.559. The average Bonchev–Trinajstić information content (AvgIpc) is 3.09. The second-order valence-electron chi connectivity index (χ2n) is 6.91. The van der Waals surface area contributed by atoms with Gasteiger partial charge in [0.15, 0.2) is 4.80 Å². The molecule has 0 aliphatic carbocycles. The van der Waals surface area contributed by atoms with Crippen molar-refractivity contribution in [3.05, 3.63) is 95.1 Å². The molecule has 158 valence electrons. The number of carbonyl (C=O) groups is 1. The van der Waals surface area contributed by atoms with Crippen LogP contribution >= 0.6 is 27.3 Å². The minimum Gasteiger partial charge on any atom is -0.507 e. The summed E-state index contributed by atoms with van der Waals surface area (Å²) in [6, 6.07) is 13.8. The van der Waals surface area contributed by atoms with Crippen LogP contribution in [0.4, 0.5) is 0 Å². The Morgan fingerprint density at radius 1 is 1.29 bits per heavy atom. The van der Waals surface area contributed by atoms with E-state index in [9.17, 15) is 14.7 Å². The second-order valence-corrected chi connectivity index (χ2v) is 8.77. The largest absolute Gasteiger partial charge is 0.507 e. The van der Waals surface area contributed by atoms with Gasteiger partial charge in [-0.3, -0.25) is 9.36 Å². The zero-order valence-corrected chi connectivity index (χ0v) is 19.2. The van der Waals surface area contributed by atoms with Crippen molar-refractivity contribution < 1.29 is 14.6 Å². The SMILES string of the molecule is CCC1=C(C(=O)OC)[C@@H](c2ccccc2)n2c(s/c(=C\c3ccc(O)c(Br)c3)c2=O)=N1. The van der Waals surface area contributed by atoms with Crippen LogP contribution in [0.25, 0.3) is 6.08 Å². The molecule has 0 fully saturated rings. The molecule has 0 unspecified atom stereocenters. The molecule has 1 aromatic heterocycles. The number of allylic oxidation sites excluding steroid dienone is 1. The molecule has 0 radical (unpaired) electrons. The number of methoxy groups -OCH3 is 1. The first-order valence-corrected chi connectivity index (χ1v) is 11.2. The topological polar surface area (TPSA) is 80.9 Å². The number of aromatic nitrogens is 1. The molecular weight excluding hydrogens is 480 g/mol. The maximum absolute atomic E-state index is 13.5. The molecule has 31 heavy (non-hydrogen) atoms. The maximum Gasteiger partial charge on any atom is 0.338 e. The molecular formula is C23H19BrN2O4S. The molecule has 2 aromatic carbocycles. The van der Waals surface area contributed by atoms with Crippen LogP contribution in [0.15, 0.2) is 74.1 Å². The predicted octanol–water partition coefficient (Wildman–Crippen LogP) is 3.27. The molecule has 0 amide bonds. The van der Waals surface area contributed by atoms with E-state index in [1.54, 1.807) is 28.8 Å². The van der Waals surface area contributed by atoms with Crippen LogP contribution < -0.4 is 14.9 Å². The molecule has 8 heteroatoms. The highest BCUT2D eigenvalue weighted by Crippen LogP contribution is 2.31. The van der Waals surface area contributed by atoms with Crippen molar-refractivity contribution in [3.63, 3.8) is 0 Å². The first-order valence-electron chi connectivity index (χ1n) is 9.61. The molecule has 2 heterocycles. The van der Waals surface area contributed by atoms with Crippen molar-refractivity contribution in [1.82, 2.24) is 4.57 Å². The smallest absolute Gasteiger partial charge is 0.338 e. The molecule has 0 spiro atoms. The molecule has 0 bridgehead atoms. The molecule has 4 rings (SSSR count). The van der Waals surface area contributed by atoms with Crippen molar-refractivity contribution in [2.75, 3.05) is 7.11 Å². The lowest BCUT2D eigenvalue weighted by Crippen LogP contribution is -2.40. The highest BCUT2D eigenvalue weighted by atomic mass is 79.9. The number of hydrogen-bond donors (Lipinski definition) is 1. The maximum atomic E-state index is 13.5. The molecule has 1 N–H and O–H groups in total. The van der Waals surface area contributed by atoms with Gasteiger partial charge in [-0.1, -0.05) is 54.7 Å². The lowest BCUT2D eigenvalue weighted by Gasteiger charge is -2.25. The Balaban J connectivity index is 1.99. The summed E-state index contributed by atoms with van der Waals surface area (Å²) in [5.74, 6) is -0.371. The van der Waals surface area contributed by atoms with Gasteiger partial charge in [0.05, 0.1) is 33.4 Å². The Morgan fingerprint density at radius 3 is 2.68 bits per heavy atom. The predicted molar refractivity (Wildman–Crippen MR) is 123 cm³/mol. The van der Waals surface area contributed by atoms with Crippen LogP contribution in [0.1, 0.15) is 30.5 Å². The number of ether oxygens (including phenoxy) is 1. The fourth-order valence-corrected chi connectivity index (χ4v) is 5.00. The van der Waals surface area contributed by atoms with Crippen LogP contribution in [-0.4, -0.2) is 22.8 Å². The zero-order valence-electron chi connectivity index (χ0n) is 16.8. The van der Waals surface area contributed by atoms with Crippen LogP contribution in [0.3, 0.4) is 0 Å². The summed E-state index contributed by atoms with van der Waals surface area (Å²) in [5, 5.41) is 9.73. The molecule has 1 aliphatic heterocycles. The van der Waals surface area contributed by atoms with Gasteiger partial charge in [0.1, 0.15) is 5.75 Å². The zero-order chi connectivity index (χ0) is 22.1. The van der Waals surface area contributed by atoms with E-state index in [2.05, 4.69) is 20.9 Å². The number of aromatic hydroxyl groups is 1. The van der Waals surface area contributed by atoms with Crippen molar-refractivity contribution in [2.45, 2.75) is 19.4 Å². The number of esters is 1. The van der Waals surface area contributed by atoms with Crippen LogP contribution in [-0.2, 0) is 9.53 Å². The highest BCUT2D eigenvalue weighted by molar-refractivity contribution is 9.10.